The molecule has 3 rings (SSSR count). The molecule has 2 heterocycles. The molecule has 1 aromatic rings. The number of urea groups is 1. The number of carbonyl (C=O) groups is 2. The van der Waals surface area contributed by atoms with Crippen LogP contribution in [0.2, 0.25) is 0 Å². The quantitative estimate of drug-likeness (QED) is 0.846. The Morgan fingerprint density at radius 2 is 1.96 bits per heavy atom. The van der Waals surface area contributed by atoms with E-state index in [1.165, 1.54) is 12.8 Å². The van der Waals surface area contributed by atoms with E-state index in [-0.39, 0.29) is 18.0 Å². The van der Waals surface area contributed by atoms with Crippen LogP contribution in [0.1, 0.15) is 35.2 Å². The van der Waals surface area contributed by atoms with Crippen molar-refractivity contribution in [1.29, 1.82) is 0 Å². The zero-order valence-corrected chi connectivity index (χ0v) is 16.3. The first kappa shape index (κ1) is 19.6. The van der Waals surface area contributed by atoms with Crippen molar-refractivity contribution in [3.8, 4) is 0 Å². The molecule has 27 heavy (non-hydrogen) atoms. The average Bonchev–Trinajstić information content (AvgIpc) is 3.06. The number of nitrogens with zero attached hydrogens (tertiary/aromatic N) is 2. The zero-order chi connectivity index (χ0) is 19.2. The third kappa shape index (κ3) is 5.20. The van der Waals surface area contributed by atoms with Gasteiger partial charge in [0.1, 0.15) is 0 Å². The Hall–Kier alpha value is -2.12. The SMILES string of the molecule is CNC(=O)c1ccc(NC(=O)N2CCCO[C@H](CN3CCCC3)C2)c(C)c1. The number of rotatable bonds is 4. The fraction of sp³-hybridized carbons (Fsp3) is 0.600. The summed E-state index contributed by atoms with van der Waals surface area (Å²) in [5, 5.41) is 5.60. The highest BCUT2D eigenvalue weighted by Crippen LogP contribution is 2.18. The highest BCUT2D eigenvalue weighted by Gasteiger charge is 2.25. The second kappa shape index (κ2) is 9.19. The summed E-state index contributed by atoms with van der Waals surface area (Å²) in [5.74, 6) is -0.134. The molecule has 2 aliphatic heterocycles. The summed E-state index contributed by atoms with van der Waals surface area (Å²) in [4.78, 5) is 28.8. The molecule has 1 atom stereocenters. The minimum atomic E-state index is -0.134. The standard InChI is InChI=1S/C20H30N4O3/c1-15-12-16(19(25)21-2)6-7-18(15)22-20(26)24-10-5-11-27-17(14-24)13-23-8-3-4-9-23/h6-7,12,17H,3-5,8-11,13-14H2,1-2H3,(H,21,25)(H,22,26)/t17-/m1/s1. The maximum Gasteiger partial charge on any atom is 0.321 e. The predicted octanol–water partition coefficient (Wildman–Crippen LogP) is 2.07. The van der Waals surface area contributed by atoms with Crippen molar-refractivity contribution < 1.29 is 14.3 Å². The normalized spacial score (nSPS) is 21.0. The molecule has 0 spiro atoms. The van der Waals surface area contributed by atoms with Gasteiger partial charge < -0.3 is 25.2 Å². The number of anilines is 1. The Labute approximate surface area is 161 Å². The van der Waals surface area contributed by atoms with Crippen molar-refractivity contribution in [3.05, 3.63) is 29.3 Å². The van der Waals surface area contributed by atoms with Crippen LogP contribution in [0, 0.1) is 6.92 Å². The number of hydrogen-bond acceptors (Lipinski definition) is 4. The highest BCUT2D eigenvalue weighted by atomic mass is 16.5. The van der Waals surface area contributed by atoms with Crippen LogP contribution in [0.4, 0.5) is 10.5 Å². The average molecular weight is 374 g/mol. The highest BCUT2D eigenvalue weighted by molar-refractivity contribution is 5.96. The van der Waals surface area contributed by atoms with Crippen LogP contribution in [-0.4, -0.2) is 74.2 Å². The molecular formula is C20H30N4O3. The van der Waals surface area contributed by atoms with E-state index in [0.29, 0.717) is 25.3 Å². The molecule has 2 aliphatic rings. The van der Waals surface area contributed by atoms with E-state index in [4.69, 9.17) is 4.74 Å². The first-order chi connectivity index (χ1) is 13.1. The van der Waals surface area contributed by atoms with Crippen molar-refractivity contribution in [3.63, 3.8) is 0 Å². The van der Waals surface area contributed by atoms with E-state index in [2.05, 4.69) is 15.5 Å². The van der Waals surface area contributed by atoms with Gasteiger partial charge in [-0.1, -0.05) is 0 Å². The fourth-order valence-electron chi connectivity index (χ4n) is 3.73. The van der Waals surface area contributed by atoms with E-state index in [1.54, 1.807) is 25.2 Å². The molecular weight excluding hydrogens is 344 g/mol. The van der Waals surface area contributed by atoms with Crippen LogP contribution in [0.25, 0.3) is 0 Å². The molecule has 0 unspecified atom stereocenters. The van der Waals surface area contributed by atoms with Gasteiger partial charge in [0.25, 0.3) is 5.91 Å². The molecule has 0 aliphatic carbocycles. The van der Waals surface area contributed by atoms with Crippen LogP contribution in [0.3, 0.4) is 0 Å². The second-order valence-electron chi connectivity index (χ2n) is 7.34. The van der Waals surface area contributed by atoms with E-state index >= 15 is 0 Å². The monoisotopic (exact) mass is 374 g/mol. The lowest BCUT2D eigenvalue weighted by molar-refractivity contribution is 0.0355. The molecule has 2 fully saturated rings. The Kier molecular flexibility index (Phi) is 6.68. The summed E-state index contributed by atoms with van der Waals surface area (Å²) < 4.78 is 5.97. The summed E-state index contributed by atoms with van der Waals surface area (Å²) in [7, 11) is 1.60. The third-order valence-electron chi connectivity index (χ3n) is 5.25. The summed E-state index contributed by atoms with van der Waals surface area (Å²) in [6.45, 7) is 7.04. The molecule has 3 amide bonds. The number of aryl methyl sites for hydroxylation is 1. The van der Waals surface area contributed by atoms with Gasteiger partial charge in [0.2, 0.25) is 0 Å². The molecule has 0 saturated carbocycles. The van der Waals surface area contributed by atoms with Gasteiger partial charge in [0.15, 0.2) is 0 Å². The number of nitrogens with one attached hydrogen (secondary N) is 2. The maximum atomic E-state index is 12.8. The van der Waals surface area contributed by atoms with Crippen LogP contribution >= 0.6 is 0 Å². The molecule has 0 radical (unpaired) electrons. The molecule has 0 bridgehead atoms. The molecule has 2 N–H and O–H groups in total. The first-order valence-electron chi connectivity index (χ1n) is 9.79. The van der Waals surface area contributed by atoms with E-state index in [0.717, 1.165) is 37.3 Å². The first-order valence-corrected chi connectivity index (χ1v) is 9.79. The van der Waals surface area contributed by atoms with Gasteiger partial charge in [-0.15, -0.1) is 0 Å². The Bertz CT molecular complexity index is 673. The molecule has 148 valence electrons. The topological polar surface area (TPSA) is 73.9 Å². The second-order valence-corrected chi connectivity index (χ2v) is 7.34. The number of benzene rings is 1. The van der Waals surface area contributed by atoms with Gasteiger partial charge in [-0.25, -0.2) is 4.79 Å². The number of amides is 3. The van der Waals surface area contributed by atoms with Crippen LogP contribution in [0.5, 0.6) is 0 Å². The van der Waals surface area contributed by atoms with Gasteiger partial charge in [0, 0.05) is 44.5 Å². The molecule has 1 aromatic carbocycles. The largest absolute Gasteiger partial charge is 0.375 e. The van der Waals surface area contributed by atoms with E-state index < -0.39 is 0 Å². The van der Waals surface area contributed by atoms with E-state index in [1.807, 2.05) is 11.8 Å². The Morgan fingerprint density at radius 3 is 2.67 bits per heavy atom. The van der Waals surface area contributed by atoms with Crippen molar-refractivity contribution in [2.24, 2.45) is 0 Å². The van der Waals surface area contributed by atoms with Crippen molar-refractivity contribution in [2.45, 2.75) is 32.3 Å². The third-order valence-corrected chi connectivity index (χ3v) is 5.25. The van der Waals surface area contributed by atoms with Crippen LogP contribution < -0.4 is 10.6 Å². The zero-order valence-electron chi connectivity index (χ0n) is 16.3. The van der Waals surface area contributed by atoms with Gasteiger partial charge in [0.05, 0.1) is 6.10 Å². The van der Waals surface area contributed by atoms with Crippen LogP contribution in [0.15, 0.2) is 18.2 Å². The number of hydrogen-bond donors (Lipinski definition) is 2. The summed E-state index contributed by atoms with van der Waals surface area (Å²) in [6, 6.07) is 5.19. The molecule has 7 nitrogen and oxygen atoms in total. The Balaban J connectivity index is 1.61. The molecule has 7 heteroatoms. The van der Waals surface area contributed by atoms with E-state index in [9.17, 15) is 9.59 Å². The minimum Gasteiger partial charge on any atom is -0.375 e. The van der Waals surface area contributed by atoms with Gasteiger partial charge in [-0.2, -0.15) is 0 Å². The number of carbonyl (C=O) groups excluding carboxylic acids is 2. The fourth-order valence-corrected chi connectivity index (χ4v) is 3.73. The van der Waals surface area contributed by atoms with Gasteiger partial charge in [-0.05, 0) is 63.0 Å². The Morgan fingerprint density at radius 1 is 1.19 bits per heavy atom. The van der Waals surface area contributed by atoms with Gasteiger partial charge in [-0.3, -0.25) is 4.79 Å². The number of ether oxygens (including phenoxy) is 1. The molecule has 0 aromatic heterocycles. The van der Waals surface area contributed by atoms with Crippen molar-refractivity contribution in [2.75, 3.05) is 51.7 Å². The smallest absolute Gasteiger partial charge is 0.321 e. The summed E-state index contributed by atoms with van der Waals surface area (Å²) >= 11 is 0. The van der Waals surface area contributed by atoms with Crippen molar-refractivity contribution >= 4 is 17.6 Å². The van der Waals surface area contributed by atoms with Crippen LogP contribution in [-0.2, 0) is 4.74 Å². The minimum absolute atomic E-state index is 0.0630. The molecule has 2 saturated heterocycles. The lowest BCUT2D eigenvalue weighted by Gasteiger charge is -2.27. The number of likely N-dealkylation sites (tertiary alicyclic amines) is 1. The lowest BCUT2D eigenvalue weighted by Crippen LogP contribution is -2.43. The van der Waals surface area contributed by atoms with Crippen molar-refractivity contribution in [1.82, 2.24) is 15.1 Å². The summed E-state index contributed by atoms with van der Waals surface area (Å²) in [6.07, 6.45) is 3.41. The van der Waals surface area contributed by atoms with Gasteiger partial charge >= 0.3 is 6.03 Å². The summed E-state index contributed by atoms with van der Waals surface area (Å²) in [5.41, 5.74) is 2.18. The lowest BCUT2D eigenvalue weighted by atomic mass is 10.1. The predicted molar refractivity (Wildman–Crippen MR) is 105 cm³/mol. The maximum absolute atomic E-state index is 12.8.